The first kappa shape index (κ1) is 19.0. The summed E-state index contributed by atoms with van der Waals surface area (Å²) < 4.78 is 11.3. The summed E-state index contributed by atoms with van der Waals surface area (Å²) in [5, 5.41) is 0. The van der Waals surface area contributed by atoms with Crippen LogP contribution in [0.4, 0.5) is 0 Å². The first-order chi connectivity index (χ1) is 11.4. The van der Waals surface area contributed by atoms with Crippen LogP contribution in [0, 0.1) is 11.8 Å². The Morgan fingerprint density at radius 2 is 2.00 bits per heavy atom. The third-order valence-corrected chi connectivity index (χ3v) is 4.82. The topological polar surface area (TPSA) is 55.8 Å². The summed E-state index contributed by atoms with van der Waals surface area (Å²) in [5.41, 5.74) is 0. The Balaban J connectivity index is 2.04. The molecule has 2 aliphatic heterocycles. The summed E-state index contributed by atoms with van der Waals surface area (Å²) in [5.74, 6) is 0.243. The van der Waals surface area contributed by atoms with Crippen molar-refractivity contribution in [2.75, 3.05) is 19.8 Å². The van der Waals surface area contributed by atoms with Gasteiger partial charge in [0.25, 0.3) is 5.91 Å². The van der Waals surface area contributed by atoms with Crippen molar-refractivity contribution < 1.29 is 19.1 Å². The van der Waals surface area contributed by atoms with E-state index in [1.165, 1.54) is 0 Å². The van der Waals surface area contributed by atoms with Gasteiger partial charge in [0, 0.05) is 13.2 Å². The normalized spacial score (nSPS) is 27.8. The molecule has 1 amide bonds. The number of rotatable bonds is 6. The maximum absolute atomic E-state index is 12.8. The van der Waals surface area contributed by atoms with Gasteiger partial charge in [-0.15, -0.1) is 0 Å². The van der Waals surface area contributed by atoms with Gasteiger partial charge < -0.3 is 14.4 Å². The van der Waals surface area contributed by atoms with Crippen molar-refractivity contribution in [1.29, 1.82) is 0 Å². The number of carbonyl (C=O) groups is 2. The Hall–Kier alpha value is -1.36. The van der Waals surface area contributed by atoms with E-state index in [-0.39, 0.29) is 12.0 Å². The molecule has 0 aromatic heterocycles. The fraction of sp³-hybridized carbons (Fsp3) is 0.789. The minimum absolute atomic E-state index is 0.0961. The lowest BCUT2D eigenvalue weighted by Crippen LogP contribution is -2.52. The molecule has 3 unspecified atom stereocenters. The molecule has 2 rings (SSSR count). The van der Waals surface area contributed by atoms with Gasteiger partial charge in [-0.2, -0.15) is 0 Å². The number of carbonyl (C=O) groups excluding carboxylic acids is 2. The lowest BCUT2D eigenvalue weighted by atomic mass is 9.92. The van der Waals surface area contributed by atoms with Crippen molar-refractivity contribution >= 4 is 11.7 Å². The van der Waals surface area contributed by atoms with Crippen LogP contribution in [0.3, 0.4) is 0 Å². The molecule has 0 N–H and O–H groups in total. The predicted octanol–water partition coefficient (Wildman–Crippen LogP) is 2.94. The van der Waals surface area contributed by atoms with Crippen LogP contribution in [0.2, 0.25) is 0 Å². The second-order valence-corrected chi connectivity index (χ2v) is 7.46. The number of ether oxygens (including phenoxy) is 2. The Kier molecular flexibility index (Phi) is 6.84. The smallest absolute Gasteiger partial charge is 0.293 e. The van der Waals surface area contributed by atoms with Gasteiger partial charge in [-0.05, 0) is 43.9 Å². The zero-order chi connectivity index (χ0) is 17.7. The molecule has 0 aromatic carbocycles. The summed E-state index contributed by atoms with van der Waals surface area (Å²) in [6.45, 7) is 11.9. The van der Waals surface area contributed by atoms with Crippen LogP contribution < -0.4 is 0 Å². The lowest BCUT2D eigenvalue weighted by molar-refractivity contribution is -0.156. The van der Waals surface area contributed by atoms with Crippen LogP contribution in [-0.4, -0.2) is 48.5 Å². The van der Waals surface area contributed by atoms with Crippen LogP contribution >= 0.6 is 0 Å². The highest BCUT2D eigenvalue weighted by Crippen LogP contribution is 2.26. The molecular formula is C19H31NO4. The first-order valence-electron chi connectivity index (χ1n) is 9.19. The zero-order valence-electron chi connectivity index (χ0n) is 15.3. The highest BCUT2D eigenvalue weighted by Gasteiger charge is 2.39. The molecule has 136 valence electrons. The average Bonchev–Trinajstić information content (AvgIpc) is 2.58. The summed E-state index contributed by atoms with van der Waals surface area (Å²) in [6, 6.07) is -0.201. The molecule has 2 fully saturated rings. The Labute approximate surface area is 145 Å². The molecule has 5 heteroatoms. The maximum atomic E-state index is 12.8. The lowest BCUT2D eigenvalue weighted by Gasteiger charge is -2.37. The van der Waals surface area contributed by atoms with Gasteiger partial charge in [-0.25, -0.2) is 0 Å². The first-order valence-corrected chi connectivity index (χ1v) is 9.19. The average molecular weight is 337 g/mol. The standard InChI is InChI=1S/C19H31NO4/c1-13(2)12-24-15(4)16-9-5-6-10-20(16)19(22)17(21)18-14(3)8-7-11-23-18/h13-14,16,18H,4-12H2,1-3H3. The molecular weight excluding hydrogens is 306 g/mol. The summed E-state index contributed by atoms with van der Waals surface area (Å²) in [7, 11) is 0. The second kappa shape index (κ2) is 8.65. The summed E-state index contributed by atoms with van der Waals surface area (Å²) >= 11 is 0. The maximum Gasteiger partial charge on any atom is 0.293 e. The molecule has 0 spiro atoms. The van der Waals surface area contributed by atoms with Gasteiger partial charge in [0.05, 0.1) is 12.6 Å². The Bertz CT molecular complexity index is 474. The summed E-state index contributed by atoms with van der Waals surface area (Å²) in [4.78, 5) is 27.1. The molecule has 0 aromatic rings. The van der Waals surface area contributed by atoms with Gasteiger partial charge >= 0.3 is 0 Å². The fourth-order valence-electron chi connectivity index (χ4n) is 3.41. The van der Waals surface area contributed by atoms with Gasteiger partial charge in [-0.3, -0.25) is 9.59 Å². The number of likely N-dealkylation sites (tertiary alicyclic amines) is 1. The van der Waals surface area contributed by atoms with Crippen LogP contribution in [0.1, 0.15) is 52.9 Å². The van der Waals surface area contributed by atoms with Crippen molar-refractivity contribution in [2.45, 2.75) is 65.0 Å². The SMILES string of the molecule is C=C(OCC(C)C)C1CCCCN1C(=O)C(=O)C1OCCCC1C. The number of Topliss-reactive ketones (excluding diaryl/α,β-unsaturated/α-hetero) is 1. The van der Waals surface area contributed by atoms with Crippen LogP contribution in [-0.2, 0) is 19.1 Å². The van der Waals surface area contributed by atoms with E-state index in [0.29, 0.717) is 31.4 Å². The molecule has 0 saturated carbocycles. The summed E-state index contributed by atoms with van der Waals surface area (Å²) in [6.07, 6.45) is 4.01. The van der Waals surface area contributed by atoms with E-state index in [2.05, 4.69) is 20.4 Å². The predicted molar refractivity (Wildman–Crippen MR) is 92.4 cm³/mol. The molecule has 2 heterocycles. The van der Waals surface area contributed by atoms with Gasteiger partial charge in [-0.1, -0.05) is 27.4 Å². The third-order valence-electron chi connectivity index (χ3n) is 4.82. The van der Waals surface area contributed by atoms with Gasteiger partial charge in [0.2, 0.25) is 5.78 Å². The van der Waals surface area contributed by atoms with E-state index < -0.39 is 17.8 Å². The van der Waals surface area contributed by atoms with E-state index in [1.807, 2.05) is 6.92 Å². The van der Waals surface area contributed by atoms with E-state index in [1.54, 1.807) is 4.90 Å². The molecule has 0 radical (unpaired) electrons. The van der Waals surface area contributed by atoms with E-state index in [0.717, 1.165) is 32.1 Å². The fourth-order valence-corrected chi connectivity index (χ4v) is 3.41. The number of nitrogens with zero attached hydrogens (tertiary/aromatic N) is 1. The van der Waals surface area contributed by atoms with Crippen molar-refractivity contribution in [2.24, 2.45) is 11.8 Å². The van der Waals surface area contributed by atoms with Crippen molar-refractivity contribution in [1.82, 2.24) is 4.90 Å². The molecule has 5 nitrogen and oxygen atoms in total. The third kappa shape index (κ3) is 4.59. The van der Waals surface area contributed by atoms with Crippen molar-refractivity contribution in [3.63, 3.8) is 0 Å². The largest absolute Gasteiger partial charge is 0.496 e. The number of amides is 1. The van der Waals surface area contributed by atoms with Gasteiger partial charge in [0.1, 0.15) is 11.9 Å². The van der Waals surface area contributed by atoms with Crippen molar-refractivity contribution in [3.05, 3.63) is 12.3 Å². The quantitative estimate of drug-likeness (QED) is 0.552. The number of piperidine rings is 1. The van der Waals surface area contributed by atoms with E-state index in [9.17, 15) is 9.59 Å². The number of hydrogen-bond donors (Lipinski definition) is 0. The molecule has 2 saturated heterocycles. The van der Waals surface area contributed by atoms with E-state index >= 15 is 0 Å². The molecule has 2 aliphatic rings. The highest BCUT2D eigenvalue weighted by molar-refractivity contribution is 6.38. The minimum atomic E-state index is -0.598. The van der Waals surface area contributed by atoms with Crippen LogP contribution in [0.15, 0.2) is 12.3 Å². The van der Waals surface area contributed by atoms with Crippen LogP contribution in [0.25, 0.3) is 0 Å². The molecule has 0 bridgehead atoms. The monoisotopic (exact) mass is 337 g/mol. The van der Waals surface area contributed by atoms with E-state index in [4.69, 9.17) is 9.47 Å². The Morgan fingerprint density at radius 3 is 2.67 bits per heavy atom. The number of ketones is 1. The second-order valence-electron chi connectivity index (χ2n) is 7.46. The highest BCUT2D eigenvalue weighted by atomic mass is 16.5. The Morgan fingerprint density at radius 1 is 1.25 bits per heavy atom. The van der Waals surface area contributed by atoms with Crippen LogP contribution in [0.5, 0.6) is 0 Å². The number of hydrogen-bond acceptors (Lipinski definition) is 4. The molecule has 24 heavy (non-hydrogen) atoms. The van der Waals surface area contributed by atoms with Crippen molar-refractivity contribution in [3.8, 4) is 0 Å². The molecule has 0 aliphatic carbocycles. The zero-order valence-corrected chi connectivity index (χ0v) is 15.3. The molecule has 3 atom stereocenters. The minimum Gasteiger partial charge on any atom is -0.496 e. The van der Waals surface area contributed by atoms with Gasteiger partial charge in [0.15, 0.2) is 0 Å².